The van der Waals surface area contributed by atoms with Gasteiger partial charge in [0.25, 0.3) is 5.56 Å². The van der Waals surface area contributed by atoms with Gasteiger partial charge in [0.2, 0.25) is 0 Å². The number of aryl methyl sites for hydroxylation is 1. The Morgan fingerprint density at radius 1 is 0.973 bits per heavy atom. The normalized spacial score (nSPS) is 11.2. The zero-order valence-electron chi connectivity index (χ0n) is 19.9. The van der Waals surface area contributed by atoms with E-state index in [0.29, 0.717) is 53.9 Å². The van der Waals surface area contributed by atoms with E-state index in [1.165, 1.54) is 28.8 Å². The van der Waals surface area contributed by atoms with Crippen molar-refractivity contribution in [2.45, 2.75) is 32.2 Å². The van der Waals surface area contributed by atoms with Gasteiger partial charge in [-0.15, -0.1) is 5.10 Å². The molecule has 3 aromatic carbocycles. The summed E-state index contributed by atoms with van der Waals surface area (Å²) in [5, 5.41) is 17.9. The van der Waals surface area contributed by atoms with Crippen LogP contribution in [0.5, 0.6) is 0 Å². The van der Waals surface area contributed by atoms with Crippen molar-refractivity contribution in [3.63, 3.8) is 0 Å². The predicted molar refractivity (Wildman–Crippen MR) is 137 cm³/mol. The maximum Gasteiger partial charge on any atom is 0.303 e. The van der Waals surface area contributed by atoms with Crippen molar-refractivity contribution < 1.29 is 14.3 Å². The van der Waals surface area contributed by atoms with Gasteiger partial charge in [-0.3, -0.25) is 14.2 Å². The first-order chi connectivity index (χ1) is 18.0. The second-order valence-electron chi connectivity index (χ2n) is 8.76. The van der Waals surface area contributed by atoms with Gasteiger partial charge in [0.05, 0.1) is 29.3 Å². The summed E-state index contributed by atoms with van der Waals surface area (Å²) in [6.45, 7) is 0.586. The molecular weight excluding hydrogens is 473 g/mol. The fraction of sp³-hybridized carbons (Fsp3) is 0.179. The van der Waals surface area contributed by atoms with E-state index in [-0.39, 0.29) is 12.0 Å². The molecule has 37 heavy (non-hydrogen) atoms. The molecule has 0 unspecified atom stereocenters. The molecule has 1 N–H and O–H groups in total. The first-order valence-corrected chi connectivity index (χ1v) is 12.0. The van der Waals surface area contributed by atoms with Crippen LogP contribution in [0, 0.1) is 5.82 Å². The Balaban J connectivity index is 1.51. The molecule has 2 heterocycles. The summed E-state index contributed by atoms with van der Waals surface area (Å²) in [6, 6.07) is 20.9. The highest BCUT2D eigenvalue weighted by Crippen LogP contribution is 2.22. The number of hydrogen-bond donors (Lipinski definition) is 1. The standard InChI is InChI=1S/C28H24FN5O3/c29-21-11-13-22(14-12-21)34-26(8-4-5-9-27(35)36)30-24-16-20(10-15-23(24)28(34)37)25-18-33(32-31-25)17-19-6-2-1-3-7-19/h1-3,6-7,10-16,18H,4-5,8-9,17H2,(H,35,36). The first kappa shape index (κ1) is 24.1. The second kappa shape index (κ2) is 10.5. The lowest BCUT2D eigenvalue weighted by molar-refractivity contribution is -0.137. The lowest BCUT2D eigenvalue weighted by Gasteiger charge is -2.14. The number of carboxylic acid groups (broad SMARTS) is 1. The van der Waals surface area contributed by atoms with E-state index in [0.717, 1.165) is 11.1 Å². The third-order valence-electron chi connectivity index (χ3n) is 6.09. The molecule has 0 aliphatic rings. The molecule has 5 rings (SSSR count). The maximum atomic E-state index is 13.5. The average molecular weight is 498 g/mol. The van der Waals surface area contributed by atoms with Crippen LogP contribution in [-0.2, 0) is 17.8 Å². The minimum absolute atomic E-state index is 0.0388. The molecule has 0 saturated heterocycles. The third kappa shape index (κ3) is 5.45. The minimum atomic E-state index is -0.868. The molecule has 0 aliphatic carbocycles. The van der Waals surface area contributed by atoms with Crippen LogP contribution < -0.4 is 5.56 Å². The van der Waals surface area contributed by atoms with Gasteiger partial charge in [0.1, 0.15) is 17.3 Å². The fourth-order valence-corrected chi connectivity index (χ4v) is 4.25. The van der Waals surface area contributed by atoms with Crippen LogP contribution in [0.2, 0.25) is 0 Å². The fourth-order valence-electron chi connectivity index (χ4n) is 4.25. The Kier molecular flexibility index (Phi) is 6.85. The van der Waals surface area contributed by atoms with Crippen molar-refractivity contribution in [1.82, 2.24) is 24.5 Å². The third-order valence-corrected chi connectivity index (χ3v) is 6.09. The maximum absolute atomic E-state index is 13.5. The molecular formula is C28H24FN5O3. The van der Waals surface area contributed by atoms with Crippen LogP contribution in [0.15, 0.2) is 83.8 Å². The molecule has 186 valence electrons. The van der Waals surface area contributed by atoms with E-state index in [2.05, 4.69) is 10.3 Å². The summed E-state index contributed by atoms with van der Waals surface area (Å²) in [6.07, 6.45) is 3.28. The van der Waals surface area contributed by atoms with E-state index in [4.69, 9.17) is 10.1 Å². The van der Waals surface area contributed by atoms with Gasteiger partial charge in [-0.1, -0.05) is 41.6 Å². The Hall–Kier alpha value is -4.66. The smallest absolute Gasteiger partial charge is 0.303 e. The molecule has 0 aliphatic heterocycles. The number of aromatic nitrogens is 5. The van der Waals surface area contributed by atoms with Crippen molar-refractivity contribution in [1.29, 1.82) is 0 Å². The highest BCUT2D eigenvalue weighted by Gasteiger charge is 2.15. The molecule has 0 bridgehead atoms. The van der Waals surface area contributed by atoms with Crippen molar-refractivity contribution >= 4 is 16.9 Å². The number of benzene rings is 3. The van der Waals surface area contributed by atoms with Gasteiger partial charge in [0.15, 0.2) is 0 Å². The summed E-state index contributed by atoms with van der Waals surface area (Å²) < 4.78 is 16.8. The highest BCUT2D eigenvalue weighted by atomic mass is 19.1. The number of fused-ring (bicyclic) bond motifs is 1. The Labute approximate surface area is 211 Å². The van der Waals surface area contributed by atoms with E-state index in [9.17, 15) is 14.0 Å². The van der Waals surface area contributed by atoms with Gasteiger partial charge in [-0.25, -0.2) is 14.1 Å². The monoisotopic (exact) mass is 497 g/mol. The van der Waals surface area contributed by atoms with Gasteiger partial charge in [-0.05, 0) is 54.8 Å². The van der Waals surface area contributed by atoms with Crippen molar-refractivity contribution in [2.75, 3.05) is 0 Å². The largest absolute Gasteiger partial charge is 0.481 e. The van der Waals surface area contributed by atoms with Crippen LogP contribution >= 0.6 is 0 Å². The van der Waals surface area contributed by atoms with Crippen molar-refractivity contribution in [2.24, 2.45) is 0 Å². The molecule has 0 fully saturated rings. The molecule has 0 atom stereocenters. The quantitative estimate of drug-likeness (QED) is 0.298. The van der Waals surface area contributed by atoms with Crippen molar-refractivity contribution in [3.8, 4) is 16.9 Å². The van der Waals surface area contributed by atoms with Crippen LogP contribution in [0.4, 0.5) is 4.39 Å². The number of rotatable bonds is 9. The molecule has 0 amide bonds. The van der Waals surface area contributed by atoms with Crippen LogP contribution in [0.3, 0.4) is 0 Å². The average Bonchev–Trinajstić information content (AvgIpc) is 3.36. The second-order valence-corrected chi connectivity index (χ2v) is 8.76. The summed E-state index contributed by atoms with van der Waals surface area (Å²) in [5.74, 6) is -0.787. The van der Waals surface area contributed by atoms with Crippen LogP contribution in [-0.4, -0.2) is 35.6 Å². The number of aliphatic carboxylic acids is 1. The first-order valence-electron chi connectivity index (χ1n) is 12.0. The van der Waals surface area contributed by atoms with Crippen molar-refractivity contribution in [3.05, 3.63) is 107 Å². The summed E-state index contributed by atoms with van der Waals surface area (Å²) in [5.41, 5.74) is 3.27. The Morgan fingerprint density at radius 3 is 2.51 bits per heavy atom. The number of carbonyl (C=O) groups is 1. The minimum Gasteiger partial charge on any atom is -0.481 e. The zero-order valence-corrected chi connectivity index (χ0v) is 19.9. The van der Waals surface area contributed by atoms with Gasteiger partial charge >= 0.3 is 5.97 Å². The lowest BCUT2D eigenvalue weighted by Crippen LogP contribution is -2.24. The Morgan fingerprint density at radius 2 is 1.76 bits per heavy atom. The number of halogens is 1. The van der Waals surface area contributed by atoms with E-state index in [1.807, 2.05) is 48.7 Å². The SMILES string of the molecule is O=C(O)CCCCc1nc2cc(-c3cn(Cc4ccccc4)nn3)ccc2c(=O)n1-c1ccc(F)cc1. The van der Waals surface area contributed by atoms with E-state index >= 15 is 0 Å². The summed E-state index contributed by atoms with van der Waals surface area (Å²) in [7, 11) is 0. The van der Waals surface area contributed by atoms with Gasteiger partial charge < -0.3 is 5.11 Å². The molecule has 5 aromatic rings. The van der Waals surface area contributed by atoms with Gasteiger partial charge in [0, 0.05) is 18.4 Å². The van der Waals surface area contributed by atoms with E-state index < -0.39 is 11.8 Å². The summed E-state index contributed by atoms with van der Waals surface area (Å²) >= 11 is 0. The molecule has 8 nitrogen and oxygen atoms in total. The van der Waals surface area contributed by atoms with Crippen LogP contribution in [0.1, 0.15) is 30.7 Å². The molecule has 9 heteroatoms. The molecule has 2 aromatic heterocycles. The number of nitrogens with zero attached hydrogens (tertiary/aromatic N) is 5. The topological polar surface area (TPSA) is 103 Å². The molecule has 0 radical (unpaired) electrons. The van der Waals surface area contributed by atoms with Crippen LogP contribution in [0.25, 0.3) is 27.8 Å². The van der Waals surface area contributed by atoms with Gasteiger partial charge in [-0.2, -0.15) is 0 Å². The number of unbranched alkanes of at least 4 members (excludes halogenated alkanes) is 1. The number of carboxylic acids is 1. The molecule has 0 saturated carbocycles. The predicted octanol–water partition coefficient (Wildman–Crippen LogP) is 4.63. The van der Waals surface area contributed by atoms with E-state index in [1.54, 1.807) is 10.7 Å². The highest BCUT2D eigenvalue weighted by molar-refractivity contribution is 5.83. The number of hydrogen-bond acceptors (Lipinski definition) is 5. The molecule has 0 spiro atoms. The summed E-state index contributed by atoms with van der Waals surface area (Å²) in [4.78, 5) is 29.2. The lowest BCUT2D eigenvalue weighted by atomic mass is 10.1. The zero-order chi connectivity index (χ0) is 25.8. The Bertz CT molecular complexity index is 1610.